The minimum Gasteiger partial charge on any atom is -0.393 e. The third-order valence-corrected chi connectivity index (χ3v) is 10.3. The van der Waals surface area contributed by atoms with Crippen LogP contribution in [0.25, 0.3) is 0 Å². The summed E-state index contributed by atoms with van der Waals surface area (Å²) in [5.41, 5.74) is 4.12. The summed E-state index contributed by atoms with van der Waals surface area (Å²) in [4.78, 5) is 18.2. The van der Waals surface area contributed by atoms with Crippen molar-refractivity contribution in [3.63, 3.8) is 0 Å². The quantitative estimate of drug-likeness (QED) is 0.395. The molecule has 3 unspecified atom stereocenters. The topological polar surface area (TPSA) is 70.0 Å². The zero-order chi connectivity index (χ0) is 27.6. The van der Waals surface area contributed by atoms with Gasteiger partial charge in [0, 0.05) is 25.4 Å². The van der Waals surface area contributed by atoms with Crippen molar-refractivity contribution in [3.05, 3.63) is 71.3 Å². The zero-order valence-corrected chi connectivity index (χ0v) is 23.9. The number of aliphatic hydroxyl groups excluding tert-OH is 2. The second-order valence-electron chi connectivity index (χ2n) is 13.1. The number of fused-ring (bicyclic) bond motifs is 1. The lowest BCUT2D eigenvalue weighted by Crippen LogP contribution is -2.38. The summed E-state index contributed by atoms with van der Waals surface area (Å²) in [5.74, 6) is 1.16. The first-order chi connectivity index (χ1) is 18.7. The number of aliphatic hydroxyl groups is 2. The third kappa shape index (κ3) is 6.17. The molecule has 1 aliphatic heterocycles. The van der Waals surface area contributed by atoms with Crippen LogP contribution in [0.15, 0.2) is 65.8 Å². The van der Waals surface area contributed by atoms with E-state index in [0.717, 1.165) is 56.1 Å². The SMILES string of the molecule is C=C1/C(=C\C=C2/CCC[C@]3(C)C(CC4CC(C)(C=O)ON4CCCc4ccccc4)CC[C@@H]23)C[C@@H](O)C[C@@H]1O. The van der Waals surface area contributed by atoms with Crippen molar-refractivity contribution in [3.8, 4) is 0 Å². The van der Waals surface area contributed by atoms with Crippen molar-refractivity contribution in [2.24, 2.45) is 17.3 Å². The Balaban J connectivity index is 1.27. The molecule has 212 valence electrons. The van der Waals surface area contributed by atoms with Gasteiger partial charge in [0.15, 0.2) is 6.29 Å². The van der Waals surface area contributed by atoms with Crippen LogP contribution in [0.3, 0.4) is 0 Å². The summed E-state index contributed by atoms with van der Waals surface area (Å²) in [6, 6.07) is 10.9. The Morgan fingerprint density at radius 3 is 2.72 bits per heavy atom. The van der Waals surface area contributed by atoms with E-state index in [9.17, 15) is 15.0 Å². The molecular formula is C34H47NO4. The maximum atomic E-state index is 12.0. The monoisotopic (exact) mass is 533 g/mol. The number of hydrogen-bond acceptors (Lipinski definition) is 5. The van der Waals surface area contributed by atoms with Crippen LogP contribution < -0.4 is 0 Å². The number of nitrogens with zero attached hydrogens (tertiary/aromatic N) is 1. The van der Waals surface area contributed by atoms with E-state index < -0.39 is 17.8 Å². The summed E-state index contributed by atoms with van der Waals surface area (Å²) in [6.45, 7) is 9.36. The van der Waals surface area contributed by atoms with Gasteiger partial charge < -0.3 is 15.0 Å². The largest absolute Gasteiger partial charge is 0.393 e. The number of carbonyl (C=O) groups excluding carboxylic acids is 1. The molecule has 1 saturated heterocycles. The van der Waals surface area contributed by atoms with Gasteiger partial charge in [0.25, 0.3) is 0 Å². The predicted octanol–water partition coefficient (Wildman–Crippen LogP) is 6.11. The minimum atomic E-state index is -0.725. The Morgan fingerprint density at radius 2 is 1.95 bits per heavy atom. The van der Waals surface area contributed by atoms with Gasteiger partial charge in [-0.15, -0.1) is 0 Å². The Hall–Kier alpha value is -2.05. The number of aldehydes is 1. The van der Waals surface area contributed by atoms with Gasteiger partial charge in [-0.25, -0.2) is 0 Å². The molecule has 4 fully saturated rings. The fourth-order valence-electron chi connectivity index (χ4n) is 8.06. The lowest BCUT2D eigenvalue weighted by molar-refractivity contribution is -0.196. The highest BCUT2D eigenvalue weighted by Gasteiger charge is 2.51. The van der Waals surface area contributed by atoms with Crippen LogP contribution in [0.2, 0.25) is 0 Å². The van der Waals surface area contributed by atoms with E-state index in [1.54, 1.807) is 0 Å². The number of benzene rings is 1. The van der Waals surface area contributed by atoms with E-state index in [4.69, 9.17) is 4.84 Å². The average Bonchev–Trinajstić information content (AvgIpc) is 3.42. The Labute approximate surface area is 234 Å². The highest BCUT2D eigenvalue weighted by atomic mass is 16.7. The molecule has 4 aliphatic rings. The van der Waals surface area contributed by atoms with Crippen LogP contribution in [-0.4, -0.2) is 52.0 Å². The molecule has 1 aromatic carbocycles. The first-order valence-corrected chi connectivity index (χ1v) is 15.1. The lowest BCUT2D eigenvalue weighted by atomic mass is 9.62. The van der Waals surface area contributed by atoms with Crippen molar-refractivity contribution in [2.75, 3.05) is 6.54 Å². The van der Waals surface area contributed by atoms with Crippen LogP contribution in [0, 0.1) is 17.3 Å². The molecule has 0 radical (unpaired) electrons. The van der Waals surface area contributed by atoms with E-state index in [2.05, 4.69) is 61.0 Å². The van der Waals surface area contributed by atoms with Gasteiger partial charge in [0.05, 0.1) is 12.2 Å². The standard InChI is InChI=1S/C34H47NO4/c1-24-27(19-30(37)21-32(24)38)14-13-26-12-7-17-34(3)28(15-16-31(26)34)20-29-22-33(2,23-36)39-35(29)18-8-11-25-9-5-4-6-10-25/h4-6,9-10,13-14,23,28-32,37-38H,1,7-8,11-12,15-22H2,2-3H3/b26-13+,27-14-/t28?,29?,30-,31+,32+,33?,34-/m1/s1. The van der Waals surface area contributed by atoms with Gasteiger partial charge in [-0.1, -0.05) is 61.6 Å². The van der Waals surface area contributed by atoms with Crippen LogP contribution in [0.5, 0.6) is 0 Å². The van der Waals surface area contributed by atoms with E-state index in [1.807, 2.05) is 6.92 Å². The summed E-state index contributed by atoms with van der Waals surface area (Å²) < 4.78 is 0. The normalized spacial score (nSPS) is 39.4. The zero-order valence-electron chi connectivity index (χ0n) is 23.9. The molecule has 1 heterocycles. The number of hydroxylamine groups is 2. The van der Waals surface area contributed by atoms with Gasteiger partial charge >= 0.3 is 0 Å². The summed E-state index contributed by atoms with van der Waals surface area (Å²) in [6.07, 6.45) is 15.1. The number of rotatable bonds is 8. The summed E-state index contributed by atoms with van der Waals surface area (Å²) in [7, 11) is 0. The van der Waals surface area contributed by atoms with Gasteiger partial charge in [-0.2, -0.15) is 5.06 Å². The fourth-order valence-corrected chi connectivity index (χ4v) is 8.06. The number of hydrogen-bond donors (Lipinski definition) is 2. The number of allylic oxidation sites excluding steroid dienone is 3. The second kappa shape index (κ2) is 11.8. The molecule has 0 spiro atoms. The van der Waals surface area contributed by atoms with Gasteiger partial charge in [-0.3, -0.25) is 4.84 Å². The van der Waals surface area contributed by atoms with Crippen molar-refractivity contribution >= 4 is 6.29 Å². The molecule has 5 rings (SSSR count). The van der Waals surface area contributed by atoms with E-state index in [0.29, 0.717) is 24.7 Å². The molecule has 0 bridgehead atoms. The molecule has 5 heteroatoms. The Kier molecular flexibility index (Phi) is 8.63. The van der Waals surface area contributed by atoms with Gasteiger partial charge in [0.2, 0.25) is 0 Å². The van der Waals surface area contributed by atoms with E-state index in [1.165, 1.54) is 36.8 Å². The first-order valence-electron chi connectivity index (χ1n) is 15.1. The average molecular weight is 534 g/mol. The molecule has 0 aromatic heterocycles. The van der Waals surface area contributed by atoms with Crippen LogP contribution in [-0.2, 0) is 16.1 Å². The highest BCUT2D eigenvalue weighted by molar-refractivity contribution is 5.62. The second-order valence-corrected chi connectivity index (χ2v) is 13.1. The third-order valence-electron chi connectivity index (χ3n) is 10.3. The van der Waals surface area contributed by atoms with Crippen LogP contribution in [0.1, 0.15) is 83.6 Å². The summed E-state index contributed by atoms with van der Waals surface area (Å²) in [5, 5.41) is 22.5. The Bertz CT molecular complexity index is 1100. The van der Waals surface area contributed by atoms with Crippen LogP contribution in [0.4, 0.5) is 0 Å². The molecule has 3 saturated carbocycles. The van der Waals surface area contributed by atoms with Crippen molar-refractivity contribution in [2.45, 2.75) is 108 Å². The van der Waals surface area contributed by atoms with Gasteiger partial charge in [-0.05, 0) is 98.7 Å². The molecule has 39 heavy (non-hydrogen) atoms. The van der Waals surface area contributed by atoms with Crippen LogP contribution >= 0.6 is 0 Å². The lowest BCUT2D eigenvalue weighted by Gasteiger charge is -2.43. The predicted molar refractivity (Wildman–Crippen MR) is 155 cm³/mol. The highest BCUT2D eigenvalue weighted by Crippen LogP contribution is 2.59. The molecule has 7 atom stereocenters. The number of carbonyl (C=O) groups is 1. The van der Waals surface area contributed by atoms with Crippen molar-refractivity contribution in [1.82, 2.24) is 5.06 Å². The maximum Gasteiger partial charge on any atom is 0.153 e. The smallest absolute Gasteiger partial charge is 0.153 e. The molecule has 3 aliphatic carbocycles. The molecule has 0 amide bonds. The number of aryl methyl sites for hydroxylation is 1. The van der Waals surface area contributed by atoms with Crippen molar-refractivity contribution in [1.29, 1.82) is 0 Å². The molecule has 5 nitrogen and oxygen atoms in total. The van der Waals surface area contributed by atoms with Crippen molar-refractivity contribution < 1.29 is 19.8 Å². The molecule has 1 aromatic rings. The molecule has 2 N–H and O–H groups in total. The van der Waals surface area contributed by atoms with Gasteiger partial charge in [0.1, 0.15) is 5.60 Å². The molecular weight excluding hydrogens is 486 g/mol. The first kappa shape index (κ1) is 28.5. The van der Waals surface area contributed by atoms with E-state index >= 15 is 0 Å². The van der Waals surface area contributed by atoms with E-state index in [-0.39, 0.29) is 11.5 Å². The fraction of sp³-hybridized carbons (Fsp3) is 0.618. The maximum absolute atomic E-state index is 12.0. The minimum absolute atomic E-state index is 0.251. The Morgan fingerprint density at radius 1 is 1.15 bits per heavy atom. The summed E-state index contributed by atoms with van der Waals surface area (Å²) >= 11 is 0.